The number of rotatable bonds is 3. The molecule has 0 atom stereocenters. The van der Waals surface area contributed by atoms with E-state index < -0.39 is 0 Å². The Morgan fingerprint density at radius 3 is 2.71 bits per heavy atom. The maximum absolute atomic E-state index is 5.57. The highest BCUT2D eigenvalue weighted by molar-refractivity contribution is 5.51. The van der Waals surface area contributed by atoms with Gasteiger partial charge in [-0.15, -0.1) is 0 Å². The van der Waals surface area contributed by atoms with Crippen molar-refractivity contribution in [2.45, 2.75) is 6.54 Å². The van der Waals surface area contributed by atoms with Crippen molar-refractivity contribution in [3.05, 3.63) is 42.2 Å². The van der Waals surface area contributed by atoms with E-state index in [1.54, 1.807) is 6.20 Å². The first-order valence-electron chi connectivity index (χ1n) is 4.41. The Labute approximate surface area is 82.1 Å². The summed E-state index contributed by atoms with van der Waals surface area (Å²) in [5.41, 5.74) is 8.53. The van der Waals surface area contributed by atoms with Gasteiger partial charge in [0.2, 0.25) is 0 Å². The van der Waals surface area contributed by atoms with Crippen molar-refractivity contribution in [2.75, 3.05) is 11.1 Å². The molecule has 2 aromatic rings. The Morgan fingerprint density at radius 1 is 1.29 bits per heavy atom. The van der Waals surface area contributed by atoms with E-state index in [-0.39, 0.29) is 0 Å². The zero-order valence-electron chi connectivity index (χ0n) is 7.70. The Bertz CT molecular complexity index is 377. The molecule has 0 saturated heterocycles. The minimum atomic E-state index is 0.764. The first kappa shape index (κ1) is 8.62. The number of anilines is 2. The fraction of sp³-hybridized carbons (Fsp3) is 0.100. The second-order valence-electron chi connectivity index (χ2n) is 3.08. The number of nitrogens with zero attached hydrogens (tertiary/aromatic N) is 1. The molecule has 14 heavy (non-hydrogen) atoms. The minimum Gasteiger partial charge on any atom is -0.399 e. The summed E-state index contributed by atoms with van der Waals surface area (Å²) >= 11 is 0. The van der Waals surface area contributed by atoms with E-state index in [2.05, 4.69) is 15.5 Å². The summed E-state index contributed by atoms with van der Waals surface area (Å²) in [6.45, 7) is 0.764. The third-order valence-electron chi connectivity index (χ3n) is 1.96. The van der Waals surface area contributed by atoms with Gasteiger partial charge in [-0.1, -0.05) is 0 Å². The molecule has 1 heterocycles. The number of nitrogen functional groups attached to an aromatic ring is 1. The Balaban J connectivity index is 1.95. The standard InChI is InChI=1S/C10H12N4/c11-9-1-3-10(4-2-9)12-5-8-6-13-14-7-8/h1-4,6-7,12H,5,11H2,(H,13,14). The van der Waals surface area contributed by atoms with Gasteiger partial charge in [0, 0.05) is 29.7 Å². The molecule has 72 valence electrons. The molecule has 0 bridgehead atoms. The molecule has 0 radical (unpaired) electrons. The molecule has 2 rings (SSSR count). The van der Waals surface area contributed by atoms with E-state index in [9.17, 15) is 0 Å². The molecule has 0 aliphatic carbocycles. The van der Waals surface area contributed by atoms with Crippen LogP contribution in [0.2, 0.25) is 0 Å². The fourth-order valence-electron chi connectivity index (χ4n) is 1.18. The third-order valence-corrected chi connectivity index (χ3v) is 1.96. The zero-order chi connectivity index (χ0) is 9.80. The number of nitrogens with one attached hydrogen (secondary N) is 2. The van der Waals surface area contributed by atoms with Crippen LogP contribution in [0.15, 0.2) is 36.7 Å². The molecule has 0 aliphatic rings. The highest BCUT2D eigenvalue weighted by Crippen LogP contribution is 2.11. The molecular formula is C10H12N4. The topological polar surface area (TPSA) is 66.7 Å². The molecule has 0 saturated carbocycles. The van der Waals surface area contributed by atoms with Crippen molar-refractivity contribution in [1.29, 1.82) is 0 Å². The highest BCUT2D eigenvalue weighted by atomic mass is 15.1. The third kappa shape index (κ3) is 2.04. The fourth-order valence-corrected chi connectivity index (χ4v) is 1.18. The summed E-state index contributed by atoms with van der Waals surface area (Å²) in [4.78, 5) is 0. The number of aromatic nitrogens is 2. The molecule has 4 nitrogen and oxygen atoms in total. The van der Waals surface area contributed by atoms with Gasteiger partial charge < -0.3 is 11.1 Å². The normalized spacial score (nSPS) is 10.0. The van der Waals surface area contributed by atoms with Crippen LogP contribution in [-0.4, -0.2) is 10.2 Å². The number of benzene rings is 1. The lowest BCUT2D eigenvalue weighted by molar-refractivity contribution is 1.09. The van der Waals surface area contributed by atoms with Crippen LogP contribution in [0.5, 0.6) is 0 Å². The van der Waals surface area contributed by atoms with E-state index in [1.165, 1.54) is 0 Å². The lowest BCUT2D eigenvalue weighted by atomic mass is 10.2. The van der Waals surface area contributed by atoms with E-state index in [1.807, 2.05) is 30.5 Å². The first-order chi connectivity index (χ1) is 6.84. The molecule has 0 aliphatic heterocycles. The Kier molecular flexibility index (Phi) is 2.36. The summed E-state index contributed by atoms with van der Waals surface area (Å²) < 4.78 is 0. The molecule has 4 heteroatoms. The number of hydrogen-bond acceptors (Lipinski definition) is 3. The summed E-state index contributed by atoms with van der Waals surface area (Å²) in [6, 6.07) is 7.65. The van der Waals surface area contributed by atoms with Crippen LogP contribution in [0.3, 0.4) is 0 Å². The number of H-pyrrole nitrogens is 1. The van der Waals surface area contributed by atoms with Crippen LogP contribution in [-0.2, 0) is 6.54 Å². The maximum Gasteiger partial charge on any atom is 0.0537 e. The lowest BCUT2D eigenvalue weighted by Gasteiger charge is -2.04. The van der Waals surface area contributed by atoms with Gasteiger partial charge in [-0.3, -0.25) is 5.10 Å². The van der Waals surface area contributed by atoms with Crippen LogP contribution in [0.25, 0.3) is 0 Å². The van der Waals surface area contributed by atoms with Crippen LogP contribution in [0.4, 0.5) is 11.4 Å². The average Bonchev–Trinajstić information content (AvgIpc) is 2.70. The zero-order valence-corrected chi connectivity index (χ0v) is 7.70. The highest BCUT2D eigenvalue weighted by Gasteiger charge is 1.94. The van der Waals surface area contributed by atoms with Crippen molar-refractivity contribution in [3.63, 3.8) is 0 Å². The summed E-state index contributed by atoms with van der Waals surface area (Å²) in [5.74, 6) is 0. The van der Waals surface area contributed by atoms with Crippen molar-refractivity contribution in [2.24, 2.45) is 0 Å². The van der Waals surface area contributed by atoms with Gasteiger partial charge in [0.05, 0.1) is 6.20 Å². The molecular weight excluding hydrogens is 176 g/mol. The largest absolute Gasteiger partial charge is 0.399 e. The Morgan fingerprint density at radius 2 is 2.07 bits per heavy atom. The summed E-state index contributed by atoms with van der Waals surface area (Å²) in [7, 11) is 0. The first-order valence-corrected chi connectivity index (χ1v) is 4.41. The van der Waals surface area contributed by atoms with Crippen molar-refractivity contribution in [1.82, 2.24) is 10.2 Å². The van der Waals surface area contributed by atoms with Gasteiger partial charge in [0.1, 0.15) is 0 Å². The van der Waals surface area contributed by atoms with Crippen LogP contribution < -0.4 is 11.1 Å². The number of aromatic amines is 1. The van der Waals surface area contributed by atoms with E-state index in [0.29, 0.717) is 0 Å². The predicted molar refractivity (Wildman–Crippen MR) is 56.8 cm³/mol. The SMILES string of the molecule is Nc1ccc(NCc2cn[nH]c2)cc1. The second-order valence-corrected chi connectivity index (χ2v) is 3.08. The molecule has 1 aromatic carbocycles. The lowest BCUT2D eigenvalue weighted by Crippen LogP contribution is -1.98. The molecule has 1 aromatic heterocycles. The van der Waals surface area contributed by atoms with E-state index >= 15 is 0 Å². The molecule has 0 fully saturated rings. The van der Waals surface area contributed by atoms with Crippen molar-refractivity contribution >= 4 is 11.4 Å². The number of nitrogens with two attached hydrogens (primary N) is 1. The molecule has 4 N–H and O–H groups in total. The van der Waals surface area contributed by atoms with Gasteiger partial charge in [0.25, 0.3) is 0 Å². The maximum atomic E-state index is 5.57. The summed E-state index contributed by atoms with van der Waals surface area (Å²) in [5, 5.41) is 9.89. The van der Waals surface area contributed by atoms with E-state index in [4.69, 9.17) is 5.73 Å². The van der Waals surface area contributed by atoms with Crippen LogP contribution in [0.1, 0.15) is 5.56 Å². The van der Waals surface area contributed by atoms with Gasteiger partial charge >= 0.3 is 0 Å². The van der Waals surface area contributed by atoms with Crippen LogP contribution in [0, 0.1) is 0 Å². The van der Waals surface area contributed by atoms with E-state index in [0.717, 1.165) is 23.5 Å². The minimum absolute atomic E-state index is 0.764. The van der Waals surface area contributed by atoms with Gasteiger partial charge in [-0.2, -0.15) is 5.10 Å². The Hall–Kier alpha value is -1.97. The monoisotopic (exact) mass is 188 g/mol. The second kappa shape index (κ2) is 3.83. The molecule has 0 unspecified atom stereocenters. The average molecular weight is 188 g/mol. The van der Waals surface area contributed by atoms with Crippen molar-refractivity contribution in [3.8, 4) is 0 Å². The van der Waals surface area contributed by atoms with Gasteiger partial charge in [-0.25, -0.2) is 0 Å². The van der Waals surface area contributed by atoms with Gasteiger partial charge in [0.15, 0.2) is 0 Å². The molecule has 0 amide bonds. The quantitative estimate of drug-likeness (QED) is 0.641. The van der Waals surface area contributed by atoms with Crippen molar-refractivity contribution < 1.29 is 0 Å². The van der Waals surface area contributed by atoms with Gasteiger partial charge in [-0.05, 0) is 24.3 Å². The number of hydrogen-bond donors (Lipinski definition) is 3. The van der Waals surface area contributed by atoms with Crippen LogP contribution >= 0.6 is 0 Å². The molecule has 0 spiro atoms. The predicted octanol–water partition coefficient (Wildman–Crippen LogP) is 1.60. The summed E-state index contributed by atoms with van der Waals surface area (Å²) in [6.07, 6.45) is 3.66. The smallest absolute Gasteiger partial charge is 0.0537 e.